The smallest absolute Gasteiger partial charge is 0.319 e. The average molecular weight is 342 g/mol. The zero-order chi connectivity index (χ0) is 16.9. The number of urea groups is 1. The van der Waals surface area contributed by atoms with Crippen LogP contribution in [-0.4, -0.2) is 23.0 Å². The fraction of sp³-hybridized carbons (Fsp3) is 0.235. The maximum Gasteiger partial charge on any atom is 0.319 e. The molecule has 1 aromatic heterocycles. The molecular formula is C17H18N4O2S. The molecule has 1 heterocycles. The van der Waals surface area contributed by atoms with Crippen molar-refractivity contribution in [1.29, 1.82) is 0 Å². The Morgan fingerprint density at radius 3 is 2.42 bits per heavy atom. The van der Waals surface area contributed by atoms with Gasteiger partial charge in [0.15, 0.2) is 0 Å². The summed E-state index contributed by atoms with van der Waals surface area (Å²) in [7, 11) is 0. The molecule has 3 N–H and O–H groups in total. The largest absolute Gasteiger partial charge is 0.335 e. The van der Waals surface area contributed by atoms with Gasteiger partial charge in [0.2, 0.25) is 5.91 Å². The van der Waals surface area contributed by atoms with E-state index in [1.165, 1.54) is 6.08 Å². The highest BCUT2D eigenvalue weighted by molar-refractivity contribution is 7.09. The lowest BCUT2D eigenvalue weighted by Crippen LogP contribution is -2.30. The van der Waals surface area contributed by atoms with Crippen LogP contribution in [-0.2, 0) is 4.79 Å². The lowest BCUT2D eigenvalue weighted by Gasteiger charge is -2.07. The number of nitrogens with one attached hydrogen (secondary N) is 3. The molecule has 1 aliphatic carbocycles. The Bertz CT molecular complexity index is 763. The molecular weight excluding hydrogens is 324 g/mol. The summed E-state index contributed by atoms with van der Waals surface area (Å²) < 4.78 is 0. The minimum absolute atomic E-state index is 0.198. The molecule has 1 fully saturated rings. The first kappa shape index (κ1) is 16.2. The summed E-state index contributed by atoms with van der Waals surface area (Å²) in [6.07, 6.45) is 5.22. The van der Waals surface area contributed by atoms with Gasteiger partial charge in [-0.1, -0.05) is 0 Å². The monoisotopic (exact) mass is 342 g/mol. The van der Waals surface area contributed by atoms with E-state index < -0.39 is 0 Å². The minimum atomic E-state index is -0.229. The molecule has 0 spiro atoms. The van der Waals surface area contributed by atoms with Crippen LogP contribution in [0.25, 0.3) is 6.08 Å². The first-order chi connectivity index (χ1) is 11.6. The maximum absolute atomic E-state index is 11.9. The molecule has 24 heavy (non-hydrogen) atoms. The van der Waals surface area contributed by atoms with Gasteiger partial charge in [-0.25, -0.2) is 9.78 Å². The van der Waals surface area contributed by atoms with Crippen molar-refractivity contribution in [2.75, 3.05) is 10.6 Å². The van der Waals surface area contributed by atoms with Gasteiger partial charge < -0.3 is 16.0 Å². The van der Waals surface area contributed by atoms with E-state index in [0.717, 1.165) is 23.5 Å². The van der Waals surface area contributed by atoms with Crippen LogP contribution in [0.15, 0.2) is 35.7 Å². The van der Waals surface area contributed by atoms with E-state index in [1.54, 1.807) is 41.7 Å². The van der Waals surface area contributed by atoms with Gasteiger partial charge in [0.1, 0.15) is 0 Å². The van der Waals surface area contributed by atoms with Gasteiger partial charge in [-0.3, -0.25) is 4.79 Å². The van der Waals surface area contributed by atoms with Crippen LogP contribution in [0.5, 0.6) is 0 Å². The van der Waals surface area contributed by atoms with Gasteiger partial charge in [0.05, 0.1) is 10.7 Å². The molecule has 2 aromatic rings. The minimum Gasteiger partial charge on any atom is -0.335 e. The summed E-state index contributed by atoms with van der Waals surface area (Å²) in [5, 5.41) is 11.2. The molecule has 0 atom stereocenters. The van der Waals surface area contributed by atoms with Crippen molar-refractivity contribution < 1.29 is 9.59 Å². The molecule has 3 amide bonds. The highest BCUT2D eigenvalue weighted by Gasteiger charge is 2.23. The predicted molar refractivity (Wildman–Crippen MR) is 96.1 cm³/mol. The van der Waals surface area contributed by atoms with Gasteiger partial charge in [0, 0.05) is 28.9 Å². The third-order valence-electron chi connectivity index (χ3n) is 3.37. The summed E-state index contributed by atoms with van der Waals surface area (Å²) >= 11 is 1.54. The molecule has 0 aliphatic heterocycles. The Kier molecular flexibility index (Phi) is 4.90. The predicted octanol–water partition coefficient (Wildman–Crippen LogP) is 3.39. The van der Waals surface area contributed by atoms with Gasteiger partial charge in [-0.15, -0.1) is 11.3 Å². The number of carbonyl (C=O) groups excluding carboxylic acids is 2. The molecule has 1 aromatic carbocycles. The Hall–Kier alpha value is -2.67. The van der Waals surface area contributed by atoms with E-state index in [2.05, 4.69) is 20.9 Å². The molecule has 0 saturated heterocycles. The number of amides is 3. The van der Waals surface area contributed by atoms with Crippen LogP contribution in [0.1, 0.15) is 23.5 Å². The summed E-state index contributed by atoms with van der Waals surface area (Å²) in [5.41, 5.74) is 2.11. The number of anilines is 2. The third kappa shape index (κ3) is 4.92. The van der Waals surface area contributed by atoms with Crippen molar-refractivity contribution in [3.8, 4) is 0 Å². The normalized spacial score (nSPS) is 13.7. The van der Waals surface area contributed by atoms with Crippen molar-refractivity contribution in [3.63, 3.8) is 0 Å². The molecule has 6 nitrogen and oxygen atoms in total. The van der Waals surface area contributed by atoms with Crippen molar-refractivity contribution >= 4 is 40.7 Å². The molecule has 1 saturated carbocycles. The number of benzene rings is 1. The molecule has 0 radical (unpaired) electrons. The number of hydrogen-bond donors (Lipinski definition) is 3. The Morgan fingerprint density at radius 1 is 1.17 bits per heavy atom. The number of hydrogen-bond acceptors (Lipinski definition) is 4. The van der Waals surface area contributed by atoms with E-state index in [1.807, 2.05) is 12.3 Å². The fourth-order valence-corrected chi connectivity index (χ4v) is 2.60. The average Bonchev–Trinajstić information content (AvgIpc) is 3.26. The molecule has 3 rings (SSSR count). The Morgan fingerprint density at radius 2 is 1.83 bits per heavy atom. The van der Waals surface area contributed by atoms with Crippen LogP contribution in [0.3, 0.4) is 0 Å². The van der Waals surface area contributed by atoms with E-state index in [-0.39, 0.29) is 11.9 Å². The van der Waals surface area contributed by atoms with Gasteiger partial charge in [0.25, 0.3) is 0 Å². The second-order valence-electron chi connectivity index (χ2n) is 5.56. The lowest BCUT2D eigenvalue weighted by atomic mass is 10.2. The lowest BCUT2D eigenvalue weighted by molar-refractivity contribution is -0.111. The van der Waals surface area contributed by atoms with Crippen LogP contribution in [0.4, 0.5) is 16.2 Å². The molecule has 0 bridgehead atoms. The van der Waals surface area contributed by atoms with Gasteiger partial charge >= 0.3 is 6.03 Å². The summed E-state index contributed by atoms with van der Waals surface area (Å²) in [5.74, 6) is -0.229. The molecule has 124 valence electrons. The van der Waals surface area contributed by atoms with Crippen molar-refractivity contribution in [2.24, 2.45) is 0 Å². The number of thiazole rings is 1. The summed E-state index contributed by atoms with van der Waals surface area (Å²) in [6.45, 7) is 1.92. The SMILES string of the molecule is Cc1nc(/C=C/C(=O)Nc2ccc(NC(=O)NC3CC3)cc2)cs1. The van der Waals surface area contributed by atoms with Crippen LogP contribution in [0.2, 0.25) is 0 Å². The fourth-order valence-electron chi connectivity index (χ4n) is 2.02. The highest BCUT2D eigenvalue weighted by Crippen LogP contribution is 2.19. The Labute approximate surface area is 144 Å². The first-order valence-corrected chi connectivity index (χ1v) is 8.55. The number of rotatable bonds is 5. The zero-order valence-electron chi connectivity index (χ0n) is 13.2. The van der Waals surface area contributed by atoms with Gasteiger partial charge in [-0.2, -0.15) is 0 Å². The molecule has 0 unspecified atom stereocenters. The first-order valence-electron chi connectivity index (χ1n) is 7.67. The quantitative estimate of drug-likeness (QED) is 0.728. The van der Waals surface area contributed by atoms with Crippen LogP contribution >= 0.6 is 11.3 Å². The second-order valence-corrected chi connectivity index (χ2v) is 6.63. The maximum atomic E-state index is 11.9. The summed E-state index contributed by atoms with van der Waals surface area (Å²) in [4.78, 5) is 27.8. The van der Waals surface area contributed by atoms with E-state index in [4.69, 9.17) is 0 Å². The van der Waals surface area contributed by atoms with Crippen LogP contribution in [0, 0.1) is 6.92 Å². The van der Waals surface area contributed by atoms with Crippen molar-refractivity contribution in [1.82, 2.24) is 10.3 Å². The molecule has 7 heteroatoms. The number of carbonyl (C=O) groups is 2. The number of aromatic nitrogens is 1. The standard InChI is InChI=1S/C17H18N4O2S/c1-11-18-15(10-24-11)8-9-16(22)19-12-2-4-13(5-3-12)20-17(23)21-14-6-7-14/h2-5,8-10,14H,6-7H2,1H3,(H,19,22)(H2,20,21,23)/b9-8+. The Balaban J connectivity index is 1.50. The zero-order valence-corrected chi connectivity index (χ0v) is 14.0. The number of aryl methyl sites for hydroxylation is 1. The van der Waals surface area contributed by atoms with Crippen LogP contribution < -0.4 is 16.0 Å². The molecule has 1 aliphatic rings. The van der Waals surface area contributed by atoms with E-state index >= 15 is 0 Å². The van der Waals surface area contributed by atoms with E-state index in [9.17, 15) is 9.59 Å². The van der Waals surface area contributed by atoms with Crippen molar-refractivity contribution in [3.05, 3.63) is 46.4 Å². The third-order valence-corrected chi connectivity index (χ3v) is 4.16. The topological polar surface area (TPSA) is 83.1 Å². The van der Waals surface area contributed by atoms with Gasteiger partial charge in [-0.05, 0) is 50.1 Å². The second kappa shape index (κ2) is 7.27. The summed E-state index contributed by atoms with van der Waals surface area (Å²) in [6, 6.07) is 7.09. The van der Waals surface area contributed by atoms with E-state index in [0.29, 0.717) is 17.4 Å². The van der Waals surface area contributed by atoms with Crippen molar-refractivity contribution in [2.45, 2.75) is 25.8 Å². The number of nitrogens with zero attached hydrogens (tertiary/aromatic N) is 1. The highest BCUT2D eigenvalue weighted by atomic mass is 32.1.